The Morgan fingerprint density at radius 2 is 0.744 bits per heavy atom. The molecule has 43 heavy (non-hydrogen) atoms. The molecule has 2 nitrogen and oxygen atoms in total. The Morgan fingerprint density at radius 3 is 1.09 bits per heavy atom. The van der Waals surface area contributed by atoms with Crippen molar-refractivity contribution in [2.45, 2.75) is 245 Å². The number of imidazole rings is 1. The Hall–Kier alpha value is -0.790. The molecule has 2 atom stereocenters. The molecule has 0 saturated heterocycles. The molecule has 0 fully saturated rings. The van der Waals surface area contributed by atoms with Crippen LogP contribution in [0.5, 0.6) is 0 Å². The number of hydrogen-bond acceptors (Lipinski definition) is 0. The lowest BCUT2D eigenvalue weighted by Crippen LogP contribution is -2.41. The first-order valence-electron chi connectivity index (χ1n) is 20.3. The molecule has 254 valence electrons. The van der Waals surface area contributed by atoms with Crippen LogP contribution in [0.4, 0.5) is 0 Å². The first-order valence-corrected chi connectivity index (χ1v) is 20.3. The van der Waals surface area contributed by atoms with Gasteiger partial charge >= 0.3 is 0 Å². The number of hydrogen-bond donors (Lipinski definition) is 1. The van der Waals surface area contributed by atoms with Crippen LogP contribution < -0.4 is 4.57 Å². The summed E-state index contributed by atoms with van der Waals surface area (Å²) in [5.74, 6) is 2.25. The summed E-state index contributed by atoms with van der Waals surface area (Å²) in [6, 6.07) is 0.619. The number of nitrogens with zero attached hydrogens (tertiary/aromatic N) is 1. The summed E-state index contributed by atoms with van der Waals surface area (Å²) in [5, 5.41) is 0. The highest BCUT2D eigenvalue weighted by Gasteiger charge is 2.25. The molecule has 0 aliphatic carbocycles. The molecule has 0 spiro atoms. The van der Waals surface area contributed by atoms with Gasteiger partial charge in [-0.05, 0) is 32.6 Å². The molecule has 1 aromatic rings. The van der Waals surface area contributed by atoms with Gasteiger partial charge in [-0.25, -0.2) is 9.55 Å². The summed E-state index contributed by atoms with van der Waals surface area (Å²) < 4.78 is 2.64. The monoisotopic (exact) mass is 602 g/mol. The minimum absolute atomic E-state index is 0.619. The highest BCUT2D eigenvalue weighted by atomic mass is 15.1. The third kappa shape index (κ3) is 23.2. The minimum atomic E-state index is 0.619. The fraction of sp³-hybridized carbons (Fsp3) is 0.927. The highest BCUT2D eigenvalue weighted by molar-refractivity contribution is 4.90. The zero-order valence-electron chi connectivity index (χ0n) is 30.4. The van der Waals surface area contributed by atoms with Crippen LogP contribution in [0.2, 0.25) is 0 Å². The van der Waals surface area contributed by atoms with Gasteiger partial charge < -0.3 is 0 Å². The molecule has 0 amide bonds. The average molecular weight is 602 g/mol. The Balaban J connectivity index is 2.42. The minimum Gasteiger partial charge on any atom is -0.247 e. The summed E-state index contributed by atoms with van der Waals surface area (Å²) in [6.07, 6.45) is 50.2. The predicted molar refractivity (Wildman–Crippen MR) is 193 cm³/mol. The lowest BCUT2D eigenvalue weighted by Gasteiger charge is -2.17. The molecule has 2 heteroatoms. The van der Waals surface area contributed by atoms with E-state index in [1.54, 1.807) is 0 Å². The Bertz CT molecular complexity index is 664. The fourth-order valence-electron chi connectivity index (χ4n) is 7.13. The first kappa shape index (κ1) is 40.2. The normalized spacial score (nSPS) is 13.1. The zero-order chi connectivity index (χ0) is 31.1. The summed E-state index contributed by atoms with van der Waals surface area (Å²) in [4.78, 5) is 3.75. The lowest BCUT2D eigenvalue weighted by atomic mass is 9.92. The van der Waals surface area contributed by atoms with Crippen molar-refractivity contribution >= 4 is 0 Å². The van der Waals surface area contributed by atoms with Crippen LogP contribution in [-0.4, -0.2) is 4.98 Å². The number of nitrogens with one attached hydrogen (secondary N) is 1. The molecule has 0 aliphatic heterocycles. The topological polar surface area (TPSA) is 19.7 Å². The van der Waals surface area contributed by atoms with Crippen molar-refractivity contribution in [3.05, 3.63) is 18.2 Å². The maximum Gasteiger partial charge on any atom is 0.257 e. The number of rotatable bonds is 34. The van der Waals surface area contributed by atoms with Crippen molar-refractivity contribution in [2.75, 3.05) is 0 Å². The van der Waals surface area contributed by atoms with Gasteiger partial charge in [0.05, 0.1) is 12.0 Å². The van der Waals surface area contributed by atoms with Gasteiger partial charge in [-0.1, -0.05) is 201 Å². The second-order valence-electron chi connectivity index (χ2n) is 14.4. The molecule has 0 bridgehead atoms. The van der Waals surface area contributed by atoms with E-state index >= 15 is 0 Å². The Labute approximate surface area is 272 Å². The summed E-state index contributed by atoms with van der Waals surface area (Å²) in [7, 11) is 0. The lowest BCUT2D eigenvalue weighted by molar-refractivity contribution is -0.727. The molecule has 1 rings (SSSR count). The zero-order valence-corrected chi connectivity index (χ0v) is 30.4. The largest absolute Gasteiger partial charge is 0.257 e. The molecule has 0 aromatic carbocycles. The van der Waals surface area contributed by atoms with E-state index in [-0.39, 0.29) is 0 Å². The molecule has 1 N–H and O–H groups in total. The van der Waals surface area contributed by atoms with E-state index in [0.717, 1.165) is 0 Å². The van der Waals surface area contributed by atoms with Gasteiger partial charge in [0.1, 0.15) is 12.4 Å². The van der Waals surface area contributed by atoms with E-state index in [9.17, 15) is 0 Å². The SMILES string of the molecule is CCCCCCCCCCCCCC(CCCCCCCCCC)c1[nH]cc[n+]1C(C)CCCCCCCCCCCC. The van der Waals surface area contributed by atoms with E-state index in [1.807, 2.05) is 0 Å². The van der Waals surface area contributed by atoms with E-state index in [1.165, 1.54) is 211 Å². The van der Waals surface area contributed by atoms with Crippen molar-refractivity contribution < 1.29 is 4.57 Å². The summed E-state index contributed by atoms with van der Waals surface area (Å²) in [5.41, 5.74) is 0. The Morgan fingerprint density at radius 1 is 0.442 bits per heavy atom. The third-order valence-electron chi connectivity index (χ3n) is 10.1. The Kier molecular flexibility index (Phi) is 29.2. The summed E-state index contributed by atoms with van der Waals surface area (Å²) >= 11 is 0. The number of H-pyrrole nitrogens is 1. The summed E-state index contributed by atoms with van der Waals surface area (Å²) in [6.45, 7) is 9.42. The standard InChI is InChI=1S/C41H80N2/c1-5-8-11-14-17-20-22-24-27-30-33-36-40(35-32-29-26-19-16-13-10-7-3)41-42-37-38-43(41)39(4)34-31-28-25-23-21-18-15-12-9-6-2/h37-40H,5-36H2,1-4H3/p+1. The average Bonchev–Trinajstić information content (AvgIpc) is 3.51. The molecule has 0 aliphatic rings. The molecular weight excluding hydrogens is 520 g/mol. The van der Waals surface area contributed by atoms with Crippen molar-refractivity contribution in [2.24, 2.45) is 0 Å². The second kappa shape index (κ2) is 31.2. The van der Waals surface area contributed by atoms with Crippen molar-refractivity contribution in [1.29, 1.82) is 0 Å². The molecular formula is C41H81N2+. The van der Waals surface area contributed by atoms with Crippen LogP contribution in [-0.2, 0) is 0 Å². The van der Waals surface area contributed by atoms with Gasteiger partial charge in [-0.3, -0.25) is 0 Å². The van der Waals surface area contributed by atoms with Gasteiger partial charge in [0, 0.05) is 0 Å². The van der Waals surface area contributed by atoms with Gasteiger partial charge in [0.25, 0.3) is 5.82 Å². The van der Waals surface area contributed by atoms with Gasteiger partial charge in [0.15, 0.2) is 0 Å². The second-order valence-corrected chi connectivity index (χ2v) is 14.4. The predicted octanol–water partition coefficient (Wildman–Crippen LogP) is 14.5. The van der Waals surface area contributed by atoms with Gasteiger partial charge in [-0.15, -0.1) is 0 Å². The first-order chi connectivity index (χ1) is 21.2. The van der Waals surface area contributed by atoms with E-state index in [0.29, 0.717) is 12.0 Å². The number of unbranched alkanes of at least 4 members (excludes halogenated alkanes) is 26. The van der Waals surface area contributed by atoms with Crippen LogP contribution >= 0.6 is 0 Å². The van der Waals surface area contributed by atoms with Gasteiger partial charge in [0.2, 0.25) is 0 Å². The number of aromatic nitrogens is 2. The van der Waals surface area contributed by atoms with Gasteiger partial charge in [-0.2, -0.15) is 0 Å². The van der Waals surface area contributed by atoms with Crippen LogP contribution in [0.25, 0.3) is 0 Å². The van der Waals surface area contributed by atoms with E-state index in [4.69, 9.17) is 0 Å². The van der Waals surface area contributed by atoms with Crippen LogP contribution in [0, 0.1) is 0 Å². The maximum atomic E-state index is 3.75. The van der Waals surface area contributed by atoms with Crippen LogP contribution in [0.1, 0.15) is 251 Å². The van der Waals surface area contributed by atoms with Crippen LogP contribution in [0.15, 0.2) is 12.4 Å². The fourth-order valence-corrected chi connectivity index (χ4v) is 7.13. The van der Waals surface area contributed by atoms with E-state index < -0.39 is 0 Å². The smallest absolute Gasteiger partial charge is 0.247 e. The quantitative estimate of drug-likeness (QED) is 0.0599. The third-order valence-corrected chi connectivity index (χ3v) is 10.1. The van der Waals surface area contributed by atoms with Crippen molar-refractivity contribution in [3.8, 4) is 0 Å². The van der Waals surface area contributed by atoms with Crippen molar-refractivity contribution in [3.63, 3.8) is 0 Å². The molecule has 1 aromatic heterocycles. The molecule has 0 saturated carbocycles. The highest BCUT2D eigenvalue weighted by Crippen LogP contribution is 2.27. The van der Waals surface area contributed by atoms with Crippen LogP contribution in [0.3, 0.4) is 0 Å². The maximum absolute atomic E-state index is 3.75. The molecule has 1 heterocycles. The van der Waals surface area contributed by atoms with E-state index in [2.05, 4.69) is 49.6 Å². The number of aromatic amines is 1. The molecule has 0 radical (unpaired) electrons. The van der Waals surface area contributed by atoms with Crippen molar-refractivity contribution in [1.82, 2.24) is 4.98 Å². The molecule has 2 unspecified atom stereocenters.